The number of hydrogen-bond acceptors (Lipinski definition) is 2. The molecule has 1 aromatic carbocycles. The monoisotopic (exact) mass is 230 g/mol. The van der Waals surface area contributed by atoms with Crippen molar-refractivity contribution < 1.29 is 0 Å². The molecule has 2 atom stereocenters. The van der Waals surface area contributed by atoms with E-state index in [1.807, 2.05) is 0 Å². The smallest absolute Gasteiger partial charge is 0.0236 e. The second kappa shape index (κ2) is 5.19. The summed E-state index contributed by atoms with van der Waals surface area (Å²) in [5.41, 5.74) is 1.46. The number of nitrogens with zero attached hydrogens (tertiary/aromatic N) is 1. The Hall–Kier alpha value is -0.860. The molecule has 2 saturated heterocycles. The van der Waals surface area contributed by atoms with E-state index in [2.05, 4.69) is 40.5 Å². The molecule has 2 heteroatoms. The summed E-state index contributed by atoms with van der Waals surface area (Å²) in [7, 11) is 0. The average Bonchev–Trinajstić information content (AvgIpc) is 2.40. The van der Waals surface area contributed by atoms with Crippen molar-refractivity contribution in [1.29, 1.82) is 0 Å². The highest BCUT2D eigenvalue weighted by Crippen LogP contribution is 2.28. The maximum absolute atomic E-state index is 3.54. The van der Waals surface area contributed by atoms with Gasteiger partial charge in [0.25, 0.3) is 0 Å². The molecule has 2 aliphatic heterocycles. The van der Waals surface area contributed by atoms with Crippen LogP contribution in [0.3, 0.4) is 0 Å². The van der Waals surface area contributed by atoms with Crippen molar-refractivity contribution in [2.24, 2.45) is 5.92 Å². The SMILES string of the molecule is c1ccc(CN2CCCC3CNCCC32)cc1. The summed E-state index contributed by atoms with van der Waals surface area (Å²) in [6.45, 7) is 4.86. The van der Waals surface area contributed by atoms with Crippen LogP contribution < -0.4 is 5.32 Å². The first kappa shape index (κ1) is 11.2. The van der Waals surface area contributed by atoms with Crippen LogP contribution in [-0.4, -0.2) is 30.6 Å². The van der Waals surface area contributed by atoms with Crippen molar-refractivity contribution in [2.45, 2.75) is 31.8 Å². The zero-order chi connectivity index (χ0) is 11.5. The van der Waals surface area contributed by atoms with Gasteiger partial charge in [0.1, 0.15) is 0 Å². The molecule has 0 bridgehead atoms. The molecule has 0 aromatic heterocycles. The standard InChI is InChI=1S/C15H22N2/c1-2-5-13(6-3-1)12-17-10-4-7-14-11-16-9-8-15(14)17/h1-3,5-6,14-16H,4,7-12H2. The Labute approximate surface area is 104 Å². The molecule has 2 unspecified atom stereocenters. The third kappa shape index (κ3) is 2.53. The summed E-state index contributed by atoms with van der Waals surface area (Å²) in [5, 5.41) is 3.54. The average molecular weight is 230 g/mol. The van der Waals surface area contributed by atoms with Crippen LogP contribution in [0.15, 0.2) is 30.3 Å². The van der Waals surface area contributed by atoms with E-state index < -0.39 is 0 Å². The van der Waals surface area contributed by atoms with E-state index in [0.29, 0.717) is 0 Å². The van der Waals surface area contributed by atoms with Crippen LogP contribution in [-0.2, 0) is 6.54 Å². The lowest BCUT2D eigenvalue weighted by Gasteiger charge is -2.44. The topological polar surface area (TPSA) is 15.3 Å². The molecule has 0 spiro atoms. The fraction of sp³-hybridized carbons (Fsp3) is 0.600. The van der Waals surface area contributed by atoms with Gasteiger partial charge in [-0.2, -0.15) is 0 Å². The first-order chi connectivity index (χ1) is 8.43. The molecule has 0 radical (unpaired) electrons. The summed E-state index contributed by atoms with van der Waals surface area (Å²) in [6, 6.07) is 11.7. The molecule has 2 aliphatic rings. The number of benzene rings is 1. The minimum Gasteiger partial charge on any atom is -0.316 e. The lowest BCUT2D eigenvalue weighted by molar-refractivity contribution is 0.0627. The van der Waals surface area contributed by atoms with E-state index in [9.17, 15) is 0 Å². The van der Waals surface area contributed by atoms with E-state index in [4.69, 9.17) is 0 Å². The van der Waals surface area contributed by atoms with Gasteiger partial charge < -0.3 is 5.32 Å². The third-order valence-electron chi connectivity index (χ3n) is 4.29. The molecule has 2 fully saturated rings. The summed E-state index contributed by atoms with van der Waals surface area (Å²) in [4.78, 5) is 2.71. The Morgan fingerprint density at radius 3 is 2.94 bits per heavy atom. The minimum atomic E-state index is 0.824. The van der Waals surface area contributed by atoms with Gasteiger partial charge in [0.2, 0.25) is 0 Å². The molecule has 0 amide bonds. The molecule has 2 heterocycles. The van der Waals surface area contributed by atoms with Crippen LogP contribution in [0.25, 0.3) is 0 Å². The summed E-state index contributed by atoms with van der Waals surface area (Å²) >= 11 is 0. The van der Waals surface area contributed by atoms with E-state index in [0.717, 1.165) is 18.5 Å². The zero-order valence-corrected chi connectivity index (χ0v) is 10.4. The van der Waals surface area contributed by atoms with E-state index in [1.54, 1.807) is 0 Å². The fourth-order valence-electron chi connectivity index (χ4n) is 3.42. The molecular weight excluding hydrogens is 208 g/mol. The summed E-state index contributed by atoms with van der Waals surface area (Å²) < 4.78 is 0. The fourth-order valence-corrected chi connectivity index (χ4v) is 3.42. The first-order valence-electron chi connectivity index (χ1n) is 6.92. The van der Waals surface area contributed by atoms with Crippen LogP contribution in [0.2, 0.25) is 0 Å². The zero-order valence-electron chi connectivity index (χ0n) is 10.4. The van der Waals surface area contributed by atoms with Gasteiger partial charge in [-0.25, -0.2) is 0 Å². The molecule has 3 rings (SSSR count). The van der Waals surface area contributed by atoms with Crippen LogP contribution in [0.1, 0.15) is 24.8 Å². The van der Waals surface area contributed by atoms with Crippen LogP contribution >= 0.6 is 0 Å². The normalized spacial score (nSPS) is 29.9. The Morgan fingerprint density at radius 2 is 2.06 bits per heavy atom. The van der Waals surface area contributed by atoms with Gasteiger partial charge in [-0.05, 0) is 50.4 Å². The highest BCUT2D eigenvalue weighted by molar-refractivity contribution is 5.14. The Kier molecular flexibility index (Phi) is 3.44. The van der Waals surface area contributed by atoms with Gasteiger partial charge in [0, 0.05) is 12.6 Å². The number of nitrogens with one attached hydrogen (secondary N) is 1. The molecule has 17 heavy (non-hydrogen) atoms. The Morgan fingerprint density at radius 1 is 1.18 bits per heavy atom. The van der Waals surface area contributed by atoms with Gasteiger partial charge >= 0.3 is 0 Å². The van der Waals surface area contributed by atoms with Crippen molar-refractivity contribution in [3.8, 4) is 0 Å². The van der Waals surface area contributed by atoms with Crippen molar-refractivity contribution in [1.82, 2.24) is 10.2 Å². The molecule has 0 aliphatic carbocycles. The Balaban J connectivity index is 1.69. The number of rotatable bonds is 2. The largest absolute Gasteiger partial charge is 0.316 e. The minimum absolute atomic E-state index is 0.824. The second-order valence-corrected chi connectivity index (χ2v) is 5.42. The maximum Gasteiger partial charge on any atom is 0.0236 e. The first-order valence-corrected chi connectivity index (χ1v) is 6.92. The number of piperidine rings is 2. The van der Waals surface area contributed by atoms with Gasteiger partial charge in [-0.3, -0.25) is 4.90 Å². The lowest BCUT2D eigenvalue weighted by atomic mass is 9.84. The predicted molar refractivity (Wildman–Crippen MR) is 70.9 cm³/mol. The van der Waals surface area contributed by atoms with E-state index in [1.165, 1.54) is 44.5 Å². The molecule has 0 saturated carbocycles. The Bertz CT molecular complexity index is 347. The second-order valence-electron chi connectivity index (χ2n) is 5.42. The number of likely N-dealkylation sites (tertiary alicyclic amines) is 1. The highest BCUT2D eigenvalue weighted by Gasteiger charge is 2.32. The summed E-state index contributed by atoms with van der Waals surface area (Å²) in [6.07, 6.45) is 4.12. The molecule has 1 N–H and O–H groups in total. The quantitative estimate of drug-likeness (QED) is 0.838. The number of fused-ring (bicyclic) bond motifs is 1. The van der Waals surface area contributed by atoms with Crippen LogP contribution in [0.4, 0.5) is 0 Å². The van der Waals surface area contributed by atoms with Gasteiger partial charge in [0.05, 0.1) is 0 Å². The van der Waals surface area contributed by atoms with Crippen molar-refractivity contribution in [3.63, 3.8) is 0 Å². The van der Waals surface area contributed by atoms with Crippen LogP contribution in [0, 0.1) is 5.92 Å². The molecule has 1 aromatic rings. The molecule has 2 nitrogen and oxygen atoms in total. The van der Waals surface area contributed by atoms with Gasteiger partial charge in [0.15, 0.2) is 0 Å². The molecule has 92 valence electrons. The maximum atomic E-state index is 3.54. The number of hydrogen-bond donors (Lipinski definition) is 1. The summed E-state index contributed by atoms with van der Waals surface area (Å²) in [5.74, 6) is 0.890. The van der Waals surface area contributed by atoms with Crippen molar-refractivity contribution >= 4 is 0 Å². The highest BCUT2D eigenvalue weighted by atomic mass is 15.2. The van der Waals surface area contributed by atoms with Gasteiger partial charge in [-0.1, -0.05) is 30.3 Å². The van der Waals surface area contributed by atoms with Gasteiger partial charge in [-0.15, -0.1) is 0 Å². The van der Waals surface area contributed by atoms with Crippen molar-refractivity contribution in [2.75, 3.05) is 19.6 Å². The van der Waals surface area contributed by atoms with E-state index >= 15 is 0 Å². The third-order valence-corrected chi connectivity index (χ3v) is 4.29. The van der Waals surface area contributed by atoms with E-state index in [-0.39, 0.29) is 0 Å². The predicted octanol–water partition coefficient (Wildman–Crippen LogP) is 2.26. The van der Waals surface area contributed by atoms with Crippen molar-refractivity contribution in [3.05, 3.63) is 35.9 Å². The lowest BCUT2D eigenvalue weighted by Crippen LogP contribution is -2.52. The molecular formula is C15H22N2. The van der Waals surface area contributed by atoms with Crippen LogP contribution in [0.5, 0.6) is 0 Å².